The molecule has 16 heavy (non-hydrogen) atoms. The number of benzene rings is 1. The van der Waals surface area contributed by atoms with Crippen LogP contribution in [0.25, 0.3) is 0 Å². The summed E-state index contributed by atoms with van der Waals surface area (Å²) in [7, 11) is 0. The van der Waals surface area contributed by atoms with Crippen LogP contribution in [0.1, 0.15) is 38.2 Å². The second-order valence-corrected chi connectivity index (χ2v) is 5.10. The number of halogens is 1. The summed E-state index contributed by atoms with van der Waals surface area (Å²) >= 11 is 0. The van der Waals surface area contributed by atoms with E-state index in [1.807, 2.05) is 12.1 Å². The van der Waals surface area contributed by atoms with Crippen LogP contribution in [0.4, 0.5) is 4.39 Å². The zero-order valence-electron chi connectivity index (χ0n) is 9.93. The summed E-state index contributed by atoms with van der Waals surface area (Å²) in [5, 5.41) is 3.63. The highest BCUT2D eigenvalue weighted by Gasteiger charge is 2.24. The van der Waals surface area contributed by atoms with Crippen LogP contribution in [0.3, 0.4) is 0 Å². The molecule has 1 heterocycles. The van der Waals surface area contributed by atoms with Crippen LogP contribution in [-0.2, 0) is 6.42 Å². The topological polar surface area (TPSA) is 12.0 Å². The Morgan fingerprint density at radius 3 is 2.69 bits per heavy atom. The molecule has 0 aliphatic carbocycles. The molecule has 1 aromatic carbocycles. The molecule has 1 aliphatic heterocycles. The molecule has 1 fully saturated rings. The number of rotatable bonds is 2. The molecule has 2 heteroatoms. The predicted octanol–water partition coefficient (Wildman–Crippen LogP) is 3.29. The molecule has 0 saturated carbocycles. The molecule has 0 radical (unpaired) electrons. The van der Waals surface area contributed by atoms with E-state index < -0.39 is 0 Å². The Labute approximate surface area is 97.1 Å². The van der Waals surface area contributed by atoms with Gasteiger partial charge in [0, 0.05) is 5.54 Å². The fourth-order valence-corrected chi connectivity index (χ4v) is 2.50. The number of hydrogen-bond acceptors (Lipinski definition) is 1. The minimum absolute atomic E-state index is 0.150. The molecule has 2 rings (SSSR count). The lowest BCUT2D eigenvalue weighted by Gasteiger charge is -2.29. The molecule has 88 valence electrons. The molecule has 1 N–H and O–H groups in total. The van der Waals surface area contributed by atoms with Crippen LogP contribution in [0, 0.1) is 5.82 Å². The van der Waals surface area contributed by atoms with E-state index in [2.05, 4.69) is 12.2 Å². The zero-order chi connectivity index (χ0) is 11.4. The standard InChI is InChI=1S/C14H20FN/c1-14(9-3-2-4-10-16-14)11-12-5-7-13(15)8-6-12/h5-8,16H,2-4,9-11H2,1H3. The highest BCUT2D eigenvalue weighted by Crippen LogP contribution is 2.23. The van der Waals surface area contributed by atoms with Gasteiger partial charge in [0.15, 0.2) is 0 Å². The van der Waals surface area contributed by atoms with Crippen molar-refractivity contribution in [2.75, 3.05) is 6.54 Å². The van der Waals surface area contributed by atoms with Crippen LogP contribution in [0.2, 0.25) is 0 Å². The molecule has 0 aromatic heterocycles. The Balaban J connectivity index is 2.04. The first-order valence-corrected chi connectivity index (χ1v) is 6.17. The molecule has 1 unspecified atom stereocenters. The summed E-state index contributed by atoms with van der Waals surface area (Å²) in [5.41, 5.74) is 1.41. The minimum atomic E-state index is -0.150. The molecular weight excluding hydrogens is 201 g/mol. The Hall–Kier alpha value is -0.890. The summed E-state index contributed by atoms with van der Waals surface area (Å²) < 4.78 is 12.8. The van der Waals surface area contributed by atoms with Crippen molar-refractivity contribution >= 4 is 0 Å². The van der Waals surface area contributed by atoms with Crippen LogP contribution in [0.5, 0.6) is 0 Å². The van der Waals surface area contributed by atoms with Gasteiger partial charge >= 0.3 is 0 Å². The van der Waals surface area contributed by atoms with Gasteiger partial charge in [0.2, 0.25) is 0 Å². The fraction of sp³-hybridized carbons (Fsp3) is 0.571. The maximum Gasteiger partial charge on any atom is 0.123 e. The first kappa shape index (κ1) is 11.6. The molecular formula is C14H20FN. The third kappa shape index (κ3) is 3.05. The molecule has 1 aliphatic rings. The van der Waals surface area contributed by atoms with Crippen molar-refractivity contribution in [1.29, 1.82) is 0 Å². The molecule has 1 aromatic rings. The fourth-order valence-electron chi connectivity index (χ4n) is 2.50. The Morgan fingerprint density at radius 1 is 1.19 bits per heavy atom. The van der Waals surface area contributed by atoms with Crippen molar-refractivity contribution in [2.24, 2.45) is 0 Å². The lowest BCUT2D eigenvalue weighted by molar-refractivity contribution is 0.345. The largest absolute Gasteiger partial charge is 0.311 e. The molecule has 0 amide bonds. The molecule has 1 saturated heterocycles. The number of hydrogen-bond donors (Lipinski definition) is 1. The lowest BCUT2D eigenvalue weighted by atomic mass is 9.88. The quantitative estimate of drug-likeness (QED) is 0.808. The summed E-state index contributed by atoms with van der Waals surface area (Å²) in [6, 6.07) is 6.89. The first-order valence-electron chi connectivity index (χ1n) is 6.17. The SMILES string of the molecule is CC1(Cc2ccc(F)cc2)CCCCCN1. The van der Waals surface area contributed by atoms with E-state index in [9.17, 15) is 4.39 Å². The van der Waals surface area contributed by atoms with E-state index in [4.69, 9.17) is 0 Å². The van der Waals surface area contributed by atoms with Gasteiger partial charge in [-0.2, -0.15) is 0 Å². The summed E-state index contributed by atoms with van der Waals surface area (Å²) in [6.45, 7) is 3.39. The van der Waals surface area contributed by atoms with Crippen molar-refractivity contribution in [3.63, 3.8) is 0 Å². The van der Waals surface area contributed by atoms with Crippen LogP contribution >= 0.6 is 0 Å². The summed E-state index contributed by atoms with van der Waals surface area (Å²) in [4.78, 5) is 0. The van der Waals surface area contributed by atoms with E-state index in [-0.39, 0.29) is 11.4 Å². The van der Waals surface area contributed by atoms with E-state index >= 15 is 0 Å². The third-order valence-electron chi connectivity index (χ3n) is 3.46. The van der Waals surface area contributed by atoms with Crippen molar-refractivity contribution in [1.82, 2.24) is 5.32 Å². The van der Waals surface area contributed by atoms with Crippen molar-refractivity contribution in [3.8, 4) is 0 Å². The monoisotopic (exact) mass is 221 g/mol. The predicted molar refractivity (Wildman–Crippen MR) is 65.0 cm³/mol. The van der Waals surface area contributed by atoms with Gasteiger partial charge in [-0.05, 0) is 50.4 Å². The smallest absolute Gasteiger partial charge is 0.123 e. The van der Waals surface area contributed by atoms with Crippen LogP contribution in [0.15, 0.2) is 24.3 Å². The van der Waals surface area contributed by atoms with E-state index in [0.29, 0.717) is 0 Å². The highest BCUT2D eigenvalue weighted by molar-refractivity contribution is 5.18. The second kappa shape index (κ2) is 4.96. The number of nitrogens with one attached hydrogen (secondary N) is 1. The summed E-state index contributed by atoms with van der Waals surface area (Å²) in [6.07, 6.45) is 6.10. The zero-order valence-corrected chi connectivity index (χ0v) is 9.93. The Bertz CT molecular complexity index is 323. The molecule has 1 nitrogen and oxygen atoms in total. The van der Waals surface area contributed by atoms with E-state index in [0.717, 1.165) is 13.0 Å². The third-order valence-corrected chi connectivity index (χ3v) is 3.46. The highest BCUT2D eigenvalue weighted by atomic mass is 19.1. The van der Waals surface area contributed by atoms with Gasteiger partial charge in [0.05, 0.1) is 0 Å². The lowest BCUT2D eigenvalue weighted by Crippen LogP contribution is -2.43. The summed E-state index contributed by atoms with van der Waals surface area (Å²) in [5.74, 6) is -0.150. The molecule has 0 spiro atoms. The minimum Gasteiger partial charge on any atom is -0.311 e. The average Bonchev–Trinajstić information content (AvgIpc) is 2.47. The van der Waals surface area contributed by atoms with Crippen LogP contribution < -0.4 is 5.32 Å². The van der Waals surface area contributed by atoms with Gasteiger partial charge in [0.25, 0.3) is 0 Å². The second-order valence-electron chi connectivity index (χ2n) is 5.10. The van der Waals surface area contributed by atoms with Gasteiger partial charge in [-0.1, -0.05) is 25.0 Å². The Morgan fingerprint density at radius 2 is 1.94 bits per heavy atom. The maximum absolute atomic E-state index is 12.8. The van der Waals surface area contributed by atoms with Crippen LogP contribution in [-0.4, -0.2) is 12.1 Å². The molecule has 1 atom stereocenters. The Kier molecular flexibility index (Phi) is 3.59. The van der Waals surface area contributed by atoms with Crippen molar-refractivity contribution < 1.29 is 4.39 Å². The van der Waals surface area contributed by atoms with Gasteiger partial charge < -0.3 is 5.32 Å². The van der Waals surface area contributed by atoms with E-state index in [1.165, 1.54) is 31.2 Å². The normalized spacial score (nSPS) is 26.4. The van der Waals surface area contributed by atoms with Gasteiger partial charge in [-0.15, -0.1) is 0 Å². The van der Waals surface area contributed by atoms with E-state index in [1.54, 1.807) is 12.1 Å². The average molecular weight is 221 g/mol. The van der Waals surface area contributed by atoms with Crippen molar-refractivity contribution in [2.45, 2.75) is 44.6 Å². The maximum atomic E-state index is 12.8. The molecule has 0 bridgehead atoms. The first-order chi connectivity index (χ1) is 7.68. The van der Waals surface area contributed by atoms with Gasteiger partial charge in [-0.25, -0.2) is 4.39 Å². The van der Waals surface area contributed by atoms with Crippen molar-refractivity contribution in [3.05, 3.63) is 35.6 Å². The van der Waals surface area contributed by atoms with Gasteiger partial charge in [-0.3, -0.25) is 0 Å². The van der Waals surface area contributed by atoms with Gasteiger partial charge in [0.1, 0.15) is 5.82 Å².